The summed E-state index contributed by atoms with van der Waals surface area (Å²) in [5.74, 6) is 1.61. The van der Waals surface area contributed by atoms with Gasteiger partial charge in [-0.05, 0) is 40.1 Å². The van der Waals surface area contributed by atoms with Crippen LogP contribution in [0.25, 0.3) is 5.95 Å². The van der Waals surface area contributed by atoms with E-state index in [1.165, 1.54) is 0 Å². The summed E-state index contributed by atoms with van der Waals surface area (Å²) >= 11 is 0. The van der Waals surface area contributed by atoms with Gasteiger partial charge in [-0.15, -0.1) is 0 Å². The molecule has 0 amide bonds. The Morgan fingerprint density at radius 3 is 2.52 bits per heavy atom. The molecule has 0 aliphatic rings. The van der Waals surface area contributed by atoms with Crippen molar-refractivity contribution in [1.82, 2.24) is 29.6 Å². The van der Waals surface area contributed by atoms with Crippen LogP contribution in [-0.4, -0.2) is 63.4 Å². The van der Waals surface area contributed by atoms with Crippen molar-refractivity contribution in [3.63, 3.8) is 0 Å². The molecule has 8 nitrogen and oxygen atoms in total. The summed E-state index contributed by atoms with van der Waals surface area (Å²) in [6.45, 7) is 4.58. The number of anilines is 2. The first-order valence-electron chi connectivity index (χ1n) is 7.07. The van der Waals surface area contributed by atoms with Crippen LogP contribution in [0.4, 0.5) is 11.9 Å². The normalized spacial score (nSPS) is 10.9. The first-order chi connectivity index (χ1) is 10.2. The molecule has 0 aliphatic heterocycles. The molecule has 0 aromatic carbocycles. The van der Waals surface area contributed by atoms with E-state index >= 15 is 0 Å². The van der Waals surface area contributed by atoms with Crippen molar-refractivity contribution in [2.75, 3.05) is 44.4 Å². The van der Waals surface area contributed by atoms with Crippen LogP contribution in [0.3, 0.4) is 0 Å². The highest BCUT2D eigenvalue weighted by molar-refractivity contribution is 5.37. The molecule has 2 rings (SSSR count). The number of nitrogens with one attached hydrogen (secondary N) is 2. The van der Waals surface area contributed by atoms with E-state index in [4.69, 9.17) is 0 Å². The Hall–Kier alpha value is -2.22. The summed E-state index contributed by atoms with van der Waals surface area (Å²) in [5, 5.41) is 10.5. The summed E-state index contributed by atoms with van der Waals surface area (Å²) in [7, 11) is 4.12. The molecular formula is C13H22N8. The van der Waals surface area contributed by atoms with E-state index in [-0.39, 0.29) is 0 Å². The van der Waals surface area contributed by atoms with Crippen LogP contribution in [0.1, 0.15) is 13.3 Å². The maximum Gasteiger partial charge on any atom is 0.257 e. The molecule has 2 aromatic rings. The van der Waals surface area contributed by atoms with Gasteiger partial charge in [-0.1, -0.05) is 0 Å². The number of nitrogens with zero attached hydrogens (tertiary/aromatic N) is 6. The largest absolute Gasteiger partial charge is 0.354 e. The van der Waals surface area contributed by atoms with Crippen molar-refractivity contribution in [3.8, 4) is 5.95 Å². The Kier molecular flexibility index (Phi) is 5.44. The lowest BCUT2D eigenvalue weighted by atomic mass is 10.4. The SMILES string of the molecule is CCNc1nc(NCCCN(C)C)nc(-n2cccn2)n1. The zero-order valence-electron chi connectivity index (χ0n) is 12.7. The van der Waals surface area contributed by atoms with Crippen LogP contribution in [0.5, 0.6) is 0 Å². The third-order valence-corrected chi connectivity index (χ3v) is 2.73. The molecule has 0 bridgehead atoms. The topological polar surface area (TPSA) is 83.8 Å². The minimum atomic E-state index is 0.501. The molecule has 0 saturated carbocycles. The fourth-order valence-electron chi connectivity index (χ4n) is 1.77. The van der Waals surface area contributed by atoms with E-state index in [0.717, 1.165) is 26.1 Å². The molecule has 0 atom stereocenters. The molecule has 0 saturated heterocycles. The van der Waals surface area contributed by atoms with Gasteiger partial charge in [0.15, 0.2) is 0 Å². The van der Waals surface area contributed by atoms with E-state index < -0.39 is 0 Å². The van der Waals surface area contributed by atoms with E-state index in [0.29, 0.717) is 17.8 Å². The molecular weight excluding hydrogens is 268 g/mol. The van der Waals surface area contributed by atoms with Gasteiger partial charge in [-0.3, -0.25) is 0 Å². The summed E-state index contributed by atoms with van der Waals surface area (Å²) in [6.07, 6.45) is 4.52. The van der Waals surface area contributed by atoms with E-state index in [1.54, 1.807) is 17.1 Å². The van der Waals surface area contributed by atoms with Gasteiger partial charge in [-0.2, -0.15) is 20.1 Å². The monoisotopic (exact) mass is 290 g/mol. The lowest BCUT2D eigenvalue weighted by Crippen LogP contribution is -2.18. The van der Waals surface area contributed by atoms with Gasteiger partial charge >= 0.3 is 0 Å². The second kappa shape index (κ2) is 7.53. The smallest absolute Gasteiger partial charge is 0.257 e. The summed E-state index contributed by atoms with van der Waals surface area (Å²) in [6, 6.07) is 1.83. The highest BCUT2D eigenvalue weighted by Crippen LogP contribution is 2.08. The molecule has 21 heavy (non-hydrogen) atoms. The van der Waals surface area contributed by atoms with Crippen molar-refractivity contribution < 1.29 is 0 Å². The average molecular weight is 290 g/mol. The Labute approximate surface area is 124 Å². The van der Waals surface area contributed by atoms with Gasteiger partial charge in [0, 0.05) is 25.5 Å². The summed E-state index contributed by atoms with van der Waals surface area (Å²) in [4.78, 5) is 15.2. The van der Waals surface area contributed by atoms with Crippen molar-refractivity contribution in [1.29, 1.82) is 0 Å². The minimum absolute atomic E-state index is 0.501. The van der Waals surface area contributed by atoms with Gasteiger partial charge in [0.25, 0.3) is 5.95 Å². The highest BCUT2D eigenvalue weighted by atomic mass is 15.4. The second-order valence-electron chi connectivity index (χ2n) is 4.85. The molecule has 114 valence electrons. The molecule has 0 spiro atoms. The first-order valence-corrected chi connectivity index (χ1v) is 7.07. The second-order valence-corrected chi connectivity index (χ2v) is 4.85. The average Bonchev–Trinajstić information content (AvgIpc) is 2.98. The Bertz CT molecular complexity index is 537. The predicted octanol–water partition coefficient (Wildman–Crippen LogP) is 0.853. The summed E-state index contributed by atoms with van der Waals surface area (Å²) < 4.78 is 1.62. The Morgan fingerprint density at radius 1 is 1.14 bits per heavy atom. The van der Waals surface area contributed by atoms with Crippen molar-refractivity contribution in [2.24, 2.45) is 0 Å². The third kappa shape index (κ3) is 4.67. The van der Waals surface area contributed by atoms with Crippen molar-refractivity contribution in [2.45, 2.75) is 13.3 Å². The van der Waals surface area contributed by atoms with Gasteiger partial charge in [0.1, 0.15) is 0 Å². The Morgan fingerprint density at radius 2 is 1.90 bits per heavy atom. The fraction of sp³-hybridized carbons (Fsp3) is 0.538. The number of rotatable bonds is 8. The number of hydrogen-bond acceptors (Lipinski definition) is 7. The molecule has 2 heterocycles. The van der Waals surface area contributed by atoms with E-state index in [2.05, 4.69) is 49.7 Å². The molecule has 8 heteroatoms. The lowest BCUT2D eigenvalue weighted by Gasteiger charge is -2.11. The predicted molar refractivity (Wildman–Crippen MR) is 82.8 cm³/mol. The zero-order valence-corrected chi connectivity index (χ0v) is 12.7. The standard InChI is InChI=1S/C13H22N8/c1-4-14-11-17-12(15-7-5-9-20(2)3)19-13(18-11)21-10-6-8-16-21/h6,8,10H,4-5,7,9H2,1-3H3,(H2,14,15,17,18,19). The van der Waals surface area contributed by atoms with Crippen LogP contribution < -0.4 is 10.6 Å². The van der Waals surface area contributed by atoms with Crippen LogP contribution in [0.15, 0.2) is 18.5 Å². The van der Waals surface area contributed by atoms with Crippen LogP contribution in [0, 0.1) is 0 Å². The minimum Gasteiger partial charge on any atom is -0.354 e. The maximum absolute atomic E-state index is 4.39. The van der Waals surface area contributed by atoms with Gasteiger partial charge in [-0.25, -0.2) is 4.68 Å². The molecule has 0 radical (unpaired) electrons. The van der Waals surface area contributed by atoms with Gasteiger partial charge < -0.3 is 15.5 Å². The van der Waals surface area contributed by atoms with Crippen molar-refractivity contribution >= 4 is 11.9 Å². The van der Waals surface area contributed by atoms with Crippen LogP contribution >= 0.6 is 0 Å². The number of aromatic nitrogens is 5. The Balaban J connectivity index is 2.08. The quantitative estimate of drug-likeness (QED) is 0.697. The first kappa shape index (κ1) is 15.2. The third-order valence-electron chi connectivity index (χ3n) is 2.73. The van der Waals surface area contributed by atoms with Gasteiger partial charge in [0.05, 0.1) is 0 Å². The lowest BCUT2D eigenvalue weighted by molar-refractivity contribution is 0.405. The van der Waals surface area contributed by atoms with E-state index in [1.807, 2.05) is 13.0 Å². The zero-order chi connectivity index (χ0) is 15.1. The van der Waals surface area contributed by atoms with Crippen LogP contribution in [0.2, 0.25) is 0 Å². The molecule has 2 N–H and O–H groups in total. The highest BCUT2D eigenvalue weighted by Gasteiger charge is 2.07. The fourth-order valence-corrected chi connectivity index (χ4v) is 1.77. The molecule has 2 aromatic heterocycles. The molecule has 0 unspecified atom stereocenters. The van der Waals surface area contributed by atoms with Crippen LogP contribution in [-0.2, 0) is 0 Å². The van der Waals surface area contributed by atoms with E-state index in [9.17, 15) is 0 Å². The van der Waals surface area contributed by atoms with Crippen molar-refractivity contribution in [3.05, 3.63) is 18.5 Å². The molecule has 0 fully saturated rings. The molecule has 0 aliphatic carbocycles. The van der Waals surface area contributed by atoms with Gasteiger partial charge in [0.2, 0.25) is 11.9 Å². The summed E-state index contributed by atoms with van der Waals surface area (Å²) in [5.41, 5.74) is 0. The maximum atomic E-state index is 4.39. The number of hydrogen-bond donors (Lipinski definition) is 2.